The molecule has 0 spiro atoms. The standard InChI is InChI=1S/C27H50N3O2P/c1-17(2)7-6-8-18(3)22-11-12-23-21-10-9-19-15-20(31)16-25(30-33(28,29)32)27(19,5)24(21)13-14-26(22,23)4/h9,17-18,20-25,31H,6-8,10-16H2,1-5H3,(H5,28,29,30,32)/t18-,20-,21+,22-,23+,24+,25?,26-,27+/m1/s1. The van der Waals surface area contributed by atoms with Crippen LogP contribution in [0.1, 0.15) is 98.8 Å². The summed E-state index contributed by atoms with van der Waals surface area (Å²) in [6, 6.07) is -0.127. The van der Waals surface area contributed by atoms with E-state index in [-0.39, 0.29) is 11.5 Å². The minimum atomic E-state index is -3.38. The summed E-state index contributed by atoms with van der Waals surface area (Å²) in [5.74, 6) is 4.42. The lowest BCUT2D eigenvalue weighted by Gasteiger charge is -2.60. The van der Waals surface area contributed by atoms with Crippen molar-refractivity contribution in [3.63, 3.8) is 0 Å². The van der Waals surface area contributed by atoms with Crippen LogP contribution in [0.2, 0.25) is 0 Å². The molecule has 33 heavy (non-hydrogen) atoms. The lowest BCUT2D eigenvalue weighted by Crippen LogP contribution is -2.59. The Balaban J connectivity index is 1.56. The Labute approximate surface area is 202 Å². The first-order valence-corrected chi connectivity index (χ1v) is 15.5. The third-order valence-corrected chi connectivity index (χ3v) is 11.5. The summed E-state index contributed by atoms with van der Waals surface area (Å²) in [5.41, 5.74) is 13.3. The molecule has 3 fully saturated rings. The number of aliphatic hydroxyl groups excluding tert-OH is 1. The first kappa shape index (κ1) is 25.9. The Hall–Kier alpha value is -0.190. The fourth-order valence-corrected chi connectivity index (χ4v) is 10.1. The Morgan fingerprint density at radius 2 is 1.88 bits per heavy atom. The van der Waals surface area contributed by atoms with Crippen LogP contribution in [-0.2, 0) is 4.57 Å². The molecule has 190 valence electrons. The van der Waals surface area contributed by atoms with Crippen LogP contribution in [-0.4, -0.2) is 17.3 Å². The summed E-state index contributed by atoms with van der Waals surface area (Å²) in [4.78, 5) is 0. The van der Waals surface area contributed by atoms with E-state index in [1.165, 1.54) is 50.5 Å². The van der Waals surface area contributed by atoms with Gasteiger partial charge in [0.25, 0.3) is 7.59 Å². The second-order valence-corrected chi connectivity index (χ2v) is 14.8. The van der Waals surface area contributed by atoms with E-state index in [2.05, 4.69) is 45.8 Å². The summed E-state index contributed by atoms with van der Waals surface area (Å²) in [7, 11) is -3.38. The maximum atomic E-state index is 12.4. The molecule has 6 N–H and O–H groups in total. The third kappa shape index (κ3) is 4.79. The average molecular weight is 480 g/mol. The number of nitrogens with two attached hydrogens (primary N) is 2. The minimum Gasteiger partial charge on any atom is -0.393 e. The molecule has 0 aromatic carbocycles. The molecular formula is C27H50N3O2P. The summed E-state index contributed by atoms with van der Waals surface area (Å²) in [6.07, 6.45) is 13.8. The van der Waals surface area contributed by atoms with E-state index < -0.39 is 13.7 Å². The van der Waals surface area contributed by atoms with Crippen molar-refractivity contribution in [2.45, 2.75) is 111 Å². The van der Waals surface area contributed by atoms with Crippen LogP contribution in [0.5, 0.6) is 0 Å². The fraction of sp³-hybridized carbons (Fsp3) is 0.926. The molecular weight excluding hydrogens is 429 g/mol. The van der Waals surface area contributed by atoms with Gasteiger partial charge in [0.15, 0.2) is 0 Å². The van der Waals surface area contributed by atoms with E-state index >= 15 is 0 Å². The molecule has 9 atom stereocenters. The van der Waals surface area contributed by atoms with E-state index in [1.807, 2.05) is 0 Å². The number of nitrogens with one attached hydrogen (secondary N) is 1. The Morgan fingerprint density at radius 1 is 1.15 bits per heavy atom. The molecule has 5 nitrogen and oxygen atoms in total. The predicted molar refractivity (Wildman–Crippen MR) is 137 cm³/mol. The zero-order chi connectivity index (χ0) is 24.2. The molecule has 1 unspecified atom stereocenters. The van der Waals surface area contributed by atoms with Crippen LogP contribution in [0.3, 0.4) is 0 Å². The molecule has 6 heteroatoms. The van der Waals surface area contributed by atoms with E-state index in [4.69, 9.17) is 11.0 Å². The van der Waals surface area contributed by atoms with Gasteiger partial charge in [-0.05, 0) is 85.9 Å². The quantitative estimate of drug-likeness (QED) is 0.266. The predicted octanol–water partition coefficient (Wildman–Crippen LogP) is 5.98. The van der Waals surface area contributed by atoms with Gasteiger partial charge in [-0.3, -0.25) is 15.6 Å². The Kier molecular flexibility index (Phi) is 7.34. The van der Waals surface area contributed by atoms with Crippen molar-refractivity contribution in [2.24, 2.45) is 57.3 Å². The summed E-state index contributed by atoms with van der Waals surface area (Å²) in [6.45, 7) is 12.2. The SMILES string of the molecule is CC(C)CCC[C@@H](C)[C@H]1CC[C@H]2[C@@H]3CC=C4C[C@@H](O)CC(NP(N)(N)=O)[C@]4(C)[C@H]3CC[C@]12C. The van der Waals surface area contributed by atoms with Gasteiger partial charge in [-0.1, -0.05) is 65.5 Å². The molecule has 0 saturated heterocycles. The molecule has 0 aromatic heterocycles. The van der Waals surface area contributed by atoms with Gasteiger partial charge in [-0.25, -0.2) is 5.09 Å². The van der Waals surface area contributed by atoms with Crippen LogP contribution in [0, 0.1) is 46.3 Å². The smallest absolute Gasteiger partial charge is 0.274 e. The number of hydrogen-bond donors (Lipinski definition) is 4. The van der Waals surface area contributed by atoms with Crippen LogP contribution >= 0.6 is 7.59 Å². The number of fused-ring (bicyclic) bond motifs is 5. The highest BCUT2D eigenvalue weighted by Gasteiger charge is 2.61. The maximum absolute atomic E-state index is 12.4. The van der Waals surface area contributed by atoms with E-state index in [1.54, 1.807) is 0 Å². The van der Waals surface area contributed by atoms with Gasteiger partial charge in [-0.2, -0.15) is 0 Å². The zero-order valence-electron chi connectivity index (χ0n) is 21.7. The zero-order valence-corrected chi connectivity index (χ0v) is 22.6. The van der Waals surface area contributed by atoms with Crippen LogP contribution < -0.4 is 16.1 Å². The highest BCUT2D eigenvalue weighted by Crippen LogP contribution is 2.67. The maximum Gasteiger partial charge on any atom is 0.274 e. The van der Waals surface area contributed by atoms with Crippen LogP contribution in [0.15, 0.2) is 11.6 Å². The summed E-state index contributed by atoms with van der Waals surface area (Å²) in [5, 5.41) is 13.7. The first-order chi connectivity index (χ1) is 15.4. The Bertz CT molecular complexity index is 794. The lowest BCUT2D eigenvalue weighted by molar-refractivity contribution is -0.0660. The number of hydrogen-bond acceptors (Lipinski definition) is 2. The molecule has 4 aliphatic rings. The van der Waals surface area contributed by atoms with Crippen molar-refractivity contribution < 1.29 is 9.67 Å². The summed E-state index contributed by atoms with van der Waals surface area (Å²) < 4.78 is 12.4. The highest BCUT2D eigenvalue weighted by molar-refractivity contribution is 7.56. The summed E-state index contributed by atoms with van der Waals surface area (Å²) >= 11 is 0. The van der Waals surface area contributed by atoms with Crippen molar-refractivity contribution in [3.05, 3.63) is 11.6 Å². The third-order valence-electron chi connectivity index (χ3n) is 10.8. The fourth-order valence-electron chi connectivity index (χ4n) is 9.19. The van der Waals surface area contributed by atoms with Crippen molar-refractivity contribution in [2.75, 3.05) is 0 Å². The van der Waals surface area contributed by atoms with Gasteiger partial charge in [0, 0.05) is 11.5 Å². The monoisotopic (exact) mass is 479 g/mol. The highest BCUT2D eigenvalue weighted by atomic mass is 31.2. The molecule has 4 rings (SSSR count). The second-order valence-electron chi connectivity index (χ2n) is 13.1. The molecule has 0 aliphatic heterocycles. The van der Waals surface area contributed by atoms with Crippen molar-refractivity contribution in [3.8, 4) is 0 Å². The normalized spacial score (nSPS) is 44.1. The molecule has 0 amide bonds. The van der Waals surface area contributed by atoms with Crippen molar-refractivity contribution in [1.29, 1.82) is 0 Å². The van der Waals surface area contributed by atoms with Gasteiger partial charge < -0.3 is 5.11 Å². The van der Waals surface area contributed by atoms with Crippen molar-refractivity contribution in [1.82, 2.24) is 5.09 Å². The van der Waals surface area contributed by atoms with E-state index in [0.29, 0.717) is 23.7 Å². The van der Waals surface area contributed by atoms with Gasteiger partial charge in [0.05, 0.1) is 6.10 Å². The van der Waals surface area contributed by atoms with Crippen molar-refractivity contribution >= 4 is 7.59 Å². The molecule has 3 saturated carbocycles. The molecule has 0 radical (unpaired) electrons. The Morgan fingerprint density at radius 3 is 2.55 bits per heavy atom. The molecule has 0 bridgehead atoms. The van der Waals surface area contributed by atoms with Gasteiger partial charge in [0.1, 0.15) is 0 Å². The van der Waals surface area contributed by atoms with E-state index in [0.717, 1.165) is 36.5 Å². The minimum absolute atomic E-state index is 0.126. The van der Waals surface area contributed by atoms with Gasteiger partial charge in [-0.15, -0.1) is 0 Å². The van der Waals surface area contributed by atoms with Crippen LogP contribution in [0.4, 0.5) is 0 Å². The van der Waals surface area contributed by atoms with Gasteiger partial charge in [0.2, 0.25) is 0 Å². The second kappa shape index (κ2) is 9.36. The molecule has 0 aromatic rings. The van der Waals surface area contributed by atoms with Crippen LogP contribution in [0.25, 0.3) is 0 Å². The lowest BCUT2D eigenvalue weighted by atomic mass is 9.46. The number of aliphatic hydroxyl groups is 1. The van der Waals surface area contributed by atoms with E-state index in [9.17, 15) is 9.67 Å². The number of allylic oxidation sites excluding steroid dienone is 1. The topological polar surface area (TPSA) is 101 Å². The molecule has 0 heterocycles. The van der Waals surface area contributed by atoms with Gasteiger partial charge >= 0.3 is 0 Å². The molecule has 4 aliphatic carbocycles. The first-order valence-electron chi connectivity index (χ1n) is 13.7. The number of rotatable bonds is 7. The average Bonchev–Trinajstić information content (AvgIpc) is 3.05. The largest absolute Gasteiger partial charge is 0.393 e.